The Bertz CT molecular complexity index is 1420. The minimum Gasteiger partial charge on any atom is -0.421 e. The van der Waals surface area contributed by atoms with Crippen LogP contribution in [0.15, 0.2) is 18.5 Å². The summed E-state index contributed by atoms with van der Waals surface area (Å²) in [6, 6.07) is 1.41. The van der Waals surface area contributed by atoms with Gasteiger partial charge in [-0.2, -0.15) is 9.97 Å². The molecule has 4 heterocycles. The Morgan fingerprint density at radius 1 is 1.26 bits per heavy atom. The number of nitrogens with zero attached hydrogens (tertiary/aromatic N) is 5. The van der Waals surface area contributed by atoms with E-state index in [1.54, 1.807) is 14.0 Å². The van der Waals surface area contributed by atoms with Gasteiger partial charge in [0.1, 0.15) is 17.6 Å². The quantitative estimate of drug-likeness (QED) is 0.348. The molecule has 0 radical (unpaired) electrons. The van der Waals surface area contributed by atoms with Gasteiger partial charge in [-0.1, -0.05) is 0 Å². The summed E-state index contributed by atoms with van der Waals surface area (Å²) in [6.45, 7) is 2.22. The highest BCUT2D eigenvalue weighted by atomic mass is 19.2. The molecule has 1 saturated heterocycles. The average Bonchev–Trinajstić information content (AvgIpc) is 3.19. The average molecular weight is 468 g/mol. The number of hydrogen-bond donors (Lipinski definition) is 4. The fraction of sp³-hybridized carbons (Fsp3) is 0.364. The number of halogens is 2. The molecular formula is C22H22F2N8O2. The van der Waals surface area contributed by atoms with Gasteiger partial charge in [0.25, 0.3) is 0 Å². The Kier molecular flexibility index (Phi) is 4.58. The van der Waals surface area contributed by atoms with Crippen molar-refractivity contribution >= 4 is 33.4 Å². The predicted octanol–water partition coefficient (Wildman–Crippen LogP) is 2.60. The maximum absolute atomic E-state index is 15.1. The lowest BCUT2D eigenvalue weighted by molar-refractivity contribution is 0.121. The maximum atomic E-state index is 15.1. The first-order chi connectivity index (χ1) is 16.4. The van der Waals surface area contributed by atoms with E-state index in [0.717, 1.165) is 12.5 Å². The standard InChI is InChI=1S/C22H22F2N8O2/c1-8(33)19-27-5-9(6-28-19)34-22-30-20-16(21(31-22)32-7-10-12(25)4-14(10)32)15-17(24)11(23)3-13(26-2)18(15)29-20/h3,5-6,8,10,12,14,26,33H,4,7,25H2,1-2H3,(H,29,30,31)/t8-,10+,12+,14?/m0/s1. The molecule has 176 valence electrons. The van der Waals surface area contributed by atoms with Gasteiger partial charge in [0.15, 0.2) is 23.2 Å². The number of aromatic nitrogens is 5. The Hall–Kier alpha value is -3.64. The number of piperidine rings is 1. The molecule has 1 saturated carbocycles. The van der Waals surface area contributed by atoms with E-state index in [4.69, 9.17) is 10.5 Å². The van der Waals surface area contributed by atoms with Crippen LogP contribution in [0.1, 0.15) is 25.3 Å². The molecule has 10 nitrogen and oxygen atoms in total. The van der Waals surface area contributed by atoms with Crippen molar-refractivity contribution in [3.8, 4) is 11.8 Å². The van der Waals surface area contributed by atoms with E-state index < -0.39 is 17.7 Å². The third-order valence-corrected chi connectivity index (χ3v) is 6.72. The summed E-state index contributed by atoms with van der Waals surface area (Å²) in [4.78, 5) is 22.3. The van der Waals surface area contributed by atoms with Crippen LogP contribution in [0.4, 0.5) is 20.3 Å². The van der Waals surface area contributed by atoms with Gasteiger partial charge in [0, 0.05) is 37.7 Å². The SMILES string of the molecule is CNc1cc(F)c(F)c2c1[nH]c1nc(Oc3cnc([C@H](C)O)nc3)nc(N3C[C@H]4C3C[C@H]4N)c12. The van der Waals surface area contributed by atoms with E-state index in [1.165, 1.54) is 12.4 Å². The number of hydrogen-bond acceptors (Lipinski definition) is 9. The van der Waals surface area contributed by atoms with Gasteiger partial charge in [-0.3, -0.25) is 0 Å². The summed E-state index contributed by atoms with van der Waals surface area (Å²) in [7, 11) is 1.63. The van der Waals surface area contributed by atoms with Crippen LogP contribution >= 0.6 is 0 Å². The topological polar surface area (TPSA) is 138 Å². The molecule has 0 bridgehead atoms. The fourth-order valence-electron chi connectivity index (χ4n) is 4.81. The zero-order valence-corrected chi connectivity index (χ0v) is 18.4. The summed E-state index contributed by atoms with van der Waals surface area (Å²) in [5.41, 5.74) is 7.19. The number of aliphatic hydroxyl groups excluding tert-OH is 1. The highest BCUT2D eigenvalue weighted by Gasteiger charge is 2.52. The Morgan fingerprint density at radius 3 is 2.65 bits per heavy atom. The number of nitrogens with one attached hydrogen (secondary N) is 2. The predicted molar refractivity (Wildman–Crippen MR) is 121 cm³/mol. The summed E-state index contributed by atoms with van der Waals surface area (Å²) >= 11 is 0. The number of nitrogens with two attached hydrogens (primary N) is 1. The van der Waals surface area contributed by atoms with Crippen LogP contribution in [0.2, 0.25) is 0 Å². The number of anilines is 2. The molecular weight excluding hydrogens is 446 g/mol. The molecule has 12 heteroatoms. The number of aliphatic hydroxyl groups is 1. The normalized spacial score (nSPS) is 22.3. The van der Waals surface area contributed by atoms with E-state index in [0.29, 0.717) is 40.5 Å². The molecule has 2 aliphatic rings. The van der Waals surface area contributed by atoms with Crippen molar-refractivity contribution < 1.29 is 18.6 Å². The van der Waals surface area contributed by atoms with Gasteiger partial charge < -0.3 is 30.8 Å². The molecule has 34 heavy (non-hydrogen) atoms. The van der Waals surface area contributed by atoms with Crippen molar-refractivity contribution in [1.29, 1.82) is 0 Å². The molecule has 0 spiro atoms. The molecule has 1 unspecified atom stereocenters. The summed E-state index contributed by atoms with van der Waals surface area (Å²) in [6.07, 6.45) is 2.80. The molecule has 1 aliphatic heterocycles. The minimum atomic E-state index is -0.969. The molecule has 1 aliphatic carbocycles. The summed E-state index contributed by atoms with van der Waals surface area (Å²) in [5.74, 6) is -0.617. The number of H-pyrrole nitrogens is 1. The monoisotopic (exact) mass is 468 g/mol. The lowest BCUT2D eigenvalue weighted by Crippen LogP contribution is -2.71. The molecule has 6 rings (SSSR count). The lowest BCUT2D eigenvalue weighted by Gasteiger charge is -2.59. The molecule has 2 fully saturated rings. The Morgan fingerprint density at radius 2 is 2.03 bits per heavy atom. The second-order valence-electron chi connectivity index (χ2n) is 8.74. The number of ether oxygens (including phenoxy) is 1. The van der Waals surface area contributed by atoms with E-state index in [1.807, 2.05) is 4.90 Å². The largest absolute Gasteiger partial charge is 0.421 e. The van der Waals surface area contributed by atoms with Crippen molar-refractivity contribution in [2.75, 3.05) is 23.8 Å². The van der Waals surface area contributed by atoms with Crippen LogP contribution in [-0.2, 0) is 0 Å². The minimum absolute atomic E-state index is 0.00131. The fourth-order valence-corrected chi connectivity index (χ4v) is 4.81. The second-order valence-corrected chi connectivity index (χ2v) is 8.74. The lowest BCUT2D eigenvalue weighted by atomic mass is 9.67. The van der Waals surface area contributed by atoms with Crippen LogP contribution in [0, 0.1) is 17.6 Å². The van der Waals surface area contributed by atoms with Crippen molar-refractivity contribution in [3.63, 3.8) is 0 Å². The number of aromatic amines is 1. The van der Waals surface area contributed by atoms with Crippen LogP contribution in [0.5, 0.6) is 11.8 Å². The summed E-state index contributed by atoms with van der Waals surface area (Å²) in [5, 5.41) is 13.0. The highest BCUT2D eigenvalue weighted by Crippen LogP contribution is 2.47. The number of fused-ring (bicyclic) bond motifs is 4. The zero-order valence-electron chi connectivity index (χ0n) is 18.4. The molecule has 5 N–H and O–H groups in total. The highest BCUT2D eigenvalue weighted by molar-refractivity contribution is 6.15. The molecule has 1 aromatic carbocycles. The first-order valence-corrected chi connectivity index (χ1v) is 10.9. The van der Waals surface area contributed by atoms with Crippen molar-refractivity contribution in [3.05, 3.63) is 35.9 Å². The molecule has 4 aromatic rings. The Labute approximate surface area is 192 Å². The van der Waals surface area contributed by atoms with E-state index in [2.05, 4.69) is 30.2 Å². The molecule has 0 amide bonds. The van der Waals surface area contributed by atoms with Crippen molar-refractivity contribution in [2.45, 2.75) is 31.5 Å². The van der Waals surface area contributed by atoms with Crippen molar-refractivity contribution in [1.82, 2.24) is 24.9 Å². The van der Waals surface area contributed by atoms with Gasteiger partial charge in [-0.15, -0.1) is 0 Å². The van der Waals surface area contributed by atoms with E-state index in [9.17, 15) is 9.50 Å². The van der Waals surface area contributed by atoms with Gasteiger partial charge in [-0.25, -0.2) is 18.7 Å². The number of rotatable bonds is 5. The third-order valence-electron chi connectivity index (χ3n) is 6.72. The van der Waals surface area contributed by atoms with Gasteiger partial charge >= 0.3 is 6.01 Å². The van der Waals surface area contributed by atoms with Gasteiger partial charge in [0.05, 0.1) is 34.4 Å². The molecule has 3 aromatic heterocycles. The molecule has 4 atom stereocenters. The van der Waals surface area contributed by atoms with Crippen LogP contribution in [0.3, 0.4) is 0 Å². The first-order valence-electron chi connectivity index (χ1n) is 10.9. The smallest absolute Gasteiger partial charge is 0.326 e. The van der Waals surface area contributed by atoms with E-state index >= 15 is 4.39 Å². The van der Waals surface area contributed by atoms with Crippen LogP contribution < -0.4 is 20.7 Å². The van der Waals surface area contributed by atoms with Crippen molar-refractivity contribution in [2.24, 2.45) is 11.7 Å². The number of benzene rings is 1. The van der Waals surface area contributed by atoms with Crippen LogP contribution in [-0.4, -0.2) is 55.7 Å². The second kappa shape index (κ2) is 7.43. The Balaban J connectivity index is 1.51. The third kappa shape index (κ3) is 2.98. The summed E-state index contributed by atoms with van der Waals surface area (Å²) < 4.78 is 35.3. The van der Waals surface area contributed by atoms with Crippen LogP contribution in [0.25, 0.3) is 21.9 Å². The van der Waals surface area contributed by atoms with Gasteiger partial charge in [-0.05, 0) is 13.3 Å². The maximum Gasteiger partial charge on any atom is 0.326 e. The van der Waals surface area contributed by atoms with E-state index in [-0.39, 0.29) is 35.1 Å². The zero-order chi connectivity index (χ0) is 23.7. The first kappa shape index (κ1) is 20.9. The van der Waals surface area contributed by atoms with Gasteiger partial charge in [0.2, 0.25) is 0 Å².